The molecule has 2 N–H and O–H groups in total. The van der Waals surface area contributed by atoms with E-state index in [0.29, 0.717) is 24.6 Å². The first-order valence-electron chi connectivity index (χ1n) is 4.66. The third kappa shape index (κ3) is 3.71. The van der Waals surface area contributed by atoms with E-state index in [1.54, 1.807) is 23.1 Å². The monoisotopic (exact) mass is 254 g/mol. The minimum atomic E-state index is 0.634. The van der Waals surface area contributed by atoms with Gasteiger partial charge in [0.2, 0.25) is 0 Å². The van der Waals surface area contributed by atoms with Crippen molar-refractivity contribution < 1.29 is 13.5 Å². The molecule has 2 rings (SSSR count). The highest BCUT2D eigenvalue weighted by atomic mass is 32.2. The highest BCUT2D eigenvalue weighted by Gasteiger charge is 1.98. The lowest BCUT2D eigenvalue weighted by Crippen LogP contribution is -1.99. The van der Waals surface area contributed by atoms with Crippen molar-refractivity contribution in [1.29, 1.82) is 0 Å². The van der Waals surface area contributed by atoms with Crippen LogP contribution in [0.3, 0.4) is 0 Å². The molecular formula is C9H10N4O3S. The van der Waals surface area contributed by atoms with E-state index in [0.717, 1.165) is 5.56 Å². The van der Waals surface area contributed by atoms with E-state index in [9.17, 15) is 0 Å². The highest BCUT2D eigenvalue weighted by Crippen LogP contribution is 2.17. The Kier molecular flexibility index (Phi) is 4.33. The van der Waals surface area contributed by atoms with Crippen LogP contribution in [-0.2, 0) is 15.9 Å². The molecule has 0 radical (unpaired) electrons. The molecule has 0 aliphatic rings. The molecule has 90 valence electrons. The van der Waals surface area contributed by atoms with Crippen LogP contribution in [0.1, 0.15) is 5.56 Å². The minimum Gasteiger partial charge on any atom is -0.399 e. The molecule has 0 aliphatic heterocycles. The molecule has 0 saturated carbocycles. The molecule has 7 nitrogen and oxygen atoms in total. The van der Waals surface area contributed by atoms with Crippen LogP contribution in [0.2, 0.25) is 0 Å². The lowest BCUT2D eigenvalue weighted by Gasteiger charge is -2.03. The van der Waals surface area contributed by atoms with Crippen LogP contribution in [0.15, 0.2) is 36.9 Å². The normalized spacial score (nSPS) is 10.4. The van der Waals surface area contributed by atoms with Gasteiger partial charge in [0.25, 0.3) is 12.3 Å². The van der Waals surface area contributed by atoms with Crippen LogP contribution in [-0.4, -0.2) is 14.8 Å². The Bertz CT molecular complexity index is 434. The number of aromatic nitrogens is 3. The molecule has 0 aliphatic carbocycles. The lowest BCUT2D eigenvalue weighted by atomic mass is 10.2. The average Bonchev–Trinajstić information content (AvgIpc) is 2.85. The summed E-state index contributed by atoms with van der Waals surface area (Å²) in [6.07, 6.45) is 3.16. The number of nitrogens with zero attached hydrogens (tertiary/aromatic N) is 3. The Balaban J connectivity index is 1.89. The summed E-state index contributed by atoms with van der Waals surface area (Å²) in [6, 6.07) is 7.44. The Labute approximate surface area is 102 Å². The van der Waals surface area contributed by atoms with Gasteiger partial charge in [0.15, 0.2) is 0 Å². The Morgan fingerprint density at radius 3 is 2.76 bits per heavy atom. The zero-order valence-electron chi connectivity index (χ0n) is 8.72. The van der Waals surface area contributed by atoms with Gasteiger partial charge >= 0.3 is 0 Å². The first kappa shape index (κ1) is 11.9. The van der Waals surface area contributed by atoms with Gasteiger partial charge in [-0.2, -0.15) is 11.0 Å². The van der Waals surface area contributed by atoms with E-state index in [2.05, 4.69) is 25.3 Å². The molecular weight excluding hydrogens is 244 g/mol. The van der Waals surface area contributed by atoms with Crippen molar-refractivity contribution in [2.45, 2.75) is 6.54 Å². The van der Waals surface area contributed by atoms with Crippen LogP contribution < -0.4 is 10.1 Å². The van der Waals surface area contributed by atoms with Gasteiger partial charge in [-0.3, -0.25) is 0 Å². The van der Waals surface area contributed by atoms with Gasteiger partial charge < -0.3 is 4.18 Å². The lowest BCUT2D eigenvalue weighted by molar-refractivity contribution is -0.199. The largest absolute Gasteiger partial charge is 0.399 e. The summed E-state index contributed by atoms with van der Waals surface area (Å²) in [5, 5.41) is 4.01. The highest BCUT2D eigenvalue weighted by molar-refractivity contribution is 7.90. The number of hydrogen-bond acceptors (Lipinski definition) is 7. The van der Waals surface area contributed by atoms with Crippen molar-refractivity contribution >= 4 is 12.3 Å². The van der Waals surface area contributed by atoms with Crippen molar-refractivity contribution in [3.05, 3.63) is 42.5 Å². The first-order valence-corrected chi connectivity index (χ1v) is 5.33. The topological polar surface area (TPSA) is 84.4 Å². The van der Waals surface area contributed by atoms with Gasteiger partial charge in [-0.05, 0) is 17.7 Å². The summed E-state index contributed by atoms with van der Waals surface area (Å²) < 4.78 is 11.1. The maximum absolute atomic E-state index is 5.09. The molecule has 0 spiro atoms. The van der Waals surface area contributed by atoms with Crippen LogP contribution in [0.4, 0.5) is 0 Å². The summed E-state index contributed by atoms with van der Waals surface area (Å²) >= 11 is 0.643. The molecule has 0 bridgehead atoms. The molecule has 1 aromatic heterocycles. The zero-order chi connectivity index (χ0) is 11.9. The summed E-state index contributed by atoms with van der Waals surface area (Å²) in [5.41, 5.74) is 1.09. The van der Waals surface area contributed by atoms with E-state index >= 15 is 0 Å². The first-order chi connectivity index (χ1) is 8.38. The second kappa shape index (κ2) is 6.21. The van der Waals surface area contributed by atoms with Crippen molar-refractivity contribution in [2.75, 3.05) is 0 Å². The predicted octanol–water partition coefficient (Wildman–Crippen LogP) is 1.09. The van der Waals surface area contributed by atoms with Crippen LogP contribution in [0.5, 0.6) is 5.75 Å². The van der Waals surface area contributed by atoms with Gasteiger partial charge in [0.1, 0.15) is 18.4 Å². The molecule has 0 unspecified atom stereocenters. The number of nitrogens with two attached hydrogens (primary N) is 1. The van der Waals surface area contributed by atoms with Gasteiger partial charge in [-0.1, -0.05) is 12.1 Å². The number of rotatable bonds is 6. The molecule has 1 aromatic carbocycles. The molecule has 1 heterocycles. The number of hydrogen-bond donors (Lipinski definition) is 1. The summed E-state index contributed by atoms with van der Waals surface area (Å²) in [6.45, 7) is 0.663. The van der Waals surface area contributed by atoms with Crippen molar-refractivity contribution in [3.63, 3.8) is 0 Å². The summed E-state index contributed by atoms with van der Waals surface area (Å²) in [7, 11) is 0. The van der Waals surface area contributed by atoms with E-state index in [-0.39, 0.29) is 0 Å². The molecule has 2 aromatic rings. The predicted molar refractivity (Wildman–Crippen MR) is 60.1 cm³/mol. The Morgan fingerprint density at radius 2 is 2.12 bits per heavy atom. The van der Waals surface area contributed by atoms with E-state index in [4.69, 9.17) is 4.18 Å². The van der Waals surface area contributed by atoms with Gasteiger partial charge in [0.05, 0.1) is 6.54 Å². The quantitative estimate of drug-likeness (QED) is 0.357. The zero-order valence-corrected chi connectivity index (χ0v) is 9.54. The average molecular weight is 254 g/mol. The molecule has 17 heavy (non-hydrogen) atoms. The van der Waals surface area contributed by atoms with Crippen LogP contribution in [0.25, 0.3) is 0 Å². The van der Waals surface area contributed by atoms with Crippen molar-refractivity contribution in [2.24, 2.45) is 5.90 Å². The van der Waals surface area contributed by atoms with E-state index in [1.165, 1.54) is 6.33 Å². The maximum atomic E-state index is 5.09. The summed E-state index contributed by atoms with van der Waals surface area (Å²) in [4.78, 5) is 7.74. The fraction of sp³-hybridized carbons (Fsp3) is 0.111. The fourth-order valence-electron chi connectivity index (χ4n) is 1.22. The SMILES string of the molecule is NOOSOc1ccc(Cn2cncn2)cc1. The second-order valence-corrected chi connectivity index (χ2v) is 3.49. The van der Waals surface area contributed by atoms with Gasteiger partial charge in [-0.15, -0.1) is 9.32 Å². The molecule has 0 amide bonds. The smallest absolute Gasteiger partial charge is 0.260 e. The molecule has 0 fully saturated rings. The van der Waals surface area contributed by atoms with Gasteiger partial charge in [-0.25, -0.2) is 9.67 Å². The Morgan fingerprint density at radius 1 is 1.29 bits per heavy atom. The van der Waals surface area contributed by atoms with Crippen molar-refractivity contribution in [1.82, 2.24) is 14.8 Å². The minimum absolute atomic E-state index is 0.634. The van der Waals surface area contributed by atoms with Crippen LogP contribution in [0, 0.1) is 0 Å². The van der Waals surface area contributed by atoms with E-state index < -0.39 is 0 Å². The molecule has 0 atom stereocenters. The third-order valence-electron chi connectivity index (χ3n) is 1.93. The third-order valence-corrected chi connectivity index (χ3v) is 2.33. The molecule has 8 heteroatoms. The van der Waals surface area contributed by atoms with Crippen LogP contribution >= 0.6 is 12.3 Å². The van der Waals surface area contributed by atoms with Crippen molar-refractivity contribution in [3.8, 4) is 5.75 Å². The van der Waals surface area contributed by atoms with Gasteiger partial charge in [0, 0.05) is 0 Å². The Hall–Kier alpha value is -1.61. The summed E-state index contributed by atoms with van der Waals surface area (Å²) in [5.74, 6) is 5.29. The number of benzene rings is 1. The maximum Gasteiger partial charge on any atom is 0.260 e. The second-order valence-electron chi connectivity index (χ2n) is 3.05. The van der Waals surface area contributed by atoms with E-state index in [1.807, 2.05) is 12.1 Å². The standard InChI is InChI=1S/C9H10N4O3S/c10-15-16-17-14-9-3-1-8(2-4-9)5-13-7-11-6-12-13/h1-4,6-7H,5,10H2. The fourth-order valence-corrected chi connectivity index (χ4v) is 1.47. The molecule has 0 saturated heterocycles.